The van der Waals surface area contributed by atoms with Crippen LogP contribution in [0.25, 0.3) is 0 Å². The molecule has 0 aromatic carbocycles. The van der Waals surface area contributed by atoms with Crippen LogP contribution in [0.15, 0.2) is 0 Å². The van der Waals surface area contributed by atoms with Gasteiger partial charge in [0.15, 0.2) is 22.0 Å². The standard InChI is InChI=1S/C8H12O6S/c1-5(9)13-7-3-15(11,12)4-8(7)14-6(2)10/h7-8H,3-4H2,1-2H3. The molecule has 7 heteroatoms. The summed E-state index contributed by atoms with van der Waals surface area (Å²) in [6.45, 7) is 2.35. The number of carbonyl (C=O) groups excluding carboxylic acids is 2. The maximum absolute atomic E-state index is 11.2. The summed E-state index contributed by atoms with van der Waals surface area (Å²) in [6, 6.07) is 0. The van der Waals surface area contributed by atoms with E-state index in [-0.39, 0.29) is 11.5 Å². The third-order valence-corrected chi connectivity index (χ3v) is 3.56. The summed E-state index contributed by atoms with van der Waals surface area (Å²) in [7, 11) is -3.29. The summed E-state index contributed by atoms with van der Waals surface area (Å²) in [6.07, 6.45) is -1.76. The van der Waals surface area contributed by atoms with Crippen LogP contribution in [0, 0.1) is 0 Å². The molecule has 15 heavy (non-hydrogen) atoms. The molecular weight excluding hydrogens is 224 g/mol. The minimum absolute atomic E-state index is 0.287. The fourth-order valence-corrected chi connectivity index (χ4v) is 3.13. The molecule has 0 aromatic rings. The highest BCUT2D eigenvalue weighted by Gasteiger charge is 2.42. The first kappa shape index (κ1) is 12.0. The molecule has 1 rings (SSSR count). The Bertz CT molecular complexity index is 341. The van der Waals surface area contributed by atoms with Crippen LogP contribution in [0.3, 0.4) is 0 Å². The Morgan fingerprint density at radius 3 is 1.60 bits per heavy atom. The topological polar surface area (TPSA) is 86.7 Å². The number of rotatable bonds is 2. The van der Waals surface area contributed by atoms with Crippen molar-refractivity contribution in [1.29, 1.82) is 0 Å². The van der Waals surface area contributed by atoms with Gasteiger partial charge in [0.05, 0.1) is 11.5 Å². The average Bonchev–Trinajstić information content (AvgIpc) is 2.22. The highest BCUT2D eigenvalue weighted by Crippen LogP contribution is 2.19. The zero-order chi connectivity index (χ0) is 11.6. The van der Waals surface area contributed by atoms with Gasteiger partial charge >= 0.3 is 11.9 Å². The van der Waals surface area contributed by atoms with E-state index in [9.17, 15) is 18.0 Å². The van der Waals surface area contributed by atoms with E-state index in [0.717, 1.165) is 0 Å². The molecular formula is C8H12O6S. The van der Waals surface area contributed by atoms with E-state index in [2.05, 4.69) is 0 Å². The van der Waals surface area contributed by atoms with Crippen molar-refractivity contribution in [1.82, 2.24) is 0 Å². The summed E-state index contributed by atoms with van der Waals surface area (Å²) >= 11 is 0. The summed E-state index contributed by atoms with van der Waals surface area (Å²) in [5, 5.41) is 0. The minimum atomic E-state index is -3.29. The van der Waals surface area contributed by atoms with Crippen molar-refractivity contribution < 1.29 is 27.5 Å². The fraction of sp³-hybridized carbons (Fsp3) is 0.750. The zero-order valence-electron chi connectivity index (χ0n) is 8.43. The van der Waals surface area contributed by atoms with Crippen molar-refractivity contribution in [2.24, 2.45) is 0 Å². The van der Waals surface area contributed by atoms with Gasteiger partial charge in [-0.1, -0.05) is 0 Å². The first-order valence-electron chi connectivity index (χ1n) is 4.35. The third-order valence-electron chi connectivity index (χ3n) is 1.89. The van der Waals surface area contributed by atoms with Gasteiger partial charge in [0, 0.05) is 13.8 Å². The largest absolute Gasteiger partial charge is 0.457 e. The predicted octanol–water partition coefficient (Wildman–Crippen LogP) is -0.722. The van der Waals surface area contributed by atoms with Gasteiger partial charge in [0.1, 0.15) is 0 Å². The molecule has 1 aliphatic heterocycles. The molecule has 0 radical (unpaired) electrons. The van der Waals surface area contributed by atoms with Crippen molar-refractivity contribution in [2.45, 2.75) is 26.1 Å². The highest BCUT2D eigenvalue weighted by atomic mass is 32.2. The molecule has 1 aliphatic rings. The fourth-order valence-electron chi connectivity index (χ4n) is 1.43. The van der Waals surface area contributed by atoms with Crippen molar-refractivity contribution >= 4 is 21.8 Å². The Balaban J connectivity index is 2.74. The summed E-state index contributed by atoms with van der Waals surface area (Å²) in [5.41, 5.74) is 0. The van der Waals surface area contributed by atoms with E-state index in [0.29, 0.717) is 0 Å². The van der Waals surface area contributed by atoms with Gasteiger partial charge < -0.3 is 9.47 Å². The van der Waals surface area contributed by atoms with Crippen LogP contribution in [-0.4, -0.2) is 44.1 Å². The van der Waals surface area contributed by atoms with Crippen LogP contribution in [0.2, 0.25) is 0 Å². The quantitative estimate of drug-likeness (QED) is 0.588. The van der Waals surface area contributed by atoms with Crippen molar-refractivity contribution in [2.75, 3.05) is 11.5 Å². The summed E-state index contributed by atoms with van der Waals surface area (Å²) in [4.78, 5) is 21.4. The smallest absolute Gasteiger partial charge is 0.303 e. The lowest BCUT2D eigenvalue weighted by Crippen LogP contribution is -2.32. The summed E-state index contributed by atoms with van der Waals surface area (Å²) in [5.74, 6) is -1.75. The van der Waals surface area contributed by atoms with E-state index in [1.54, 1.807) is 0 Å². The van der Waals surface area contributed by atoms with Gasteiger partial charge in [-0.2, -0.15) is 0 Å². The molecule has 2 atom stereocenters. The van der Waals surface area contributed by atoms with Gasteiger partial charge in [-0.05, 0) is 0 Å². The number of ether oxygens (including phenoxy) is 2. The minimum Gasteiger partial charge on any atom is -0.457 e. The third kappa shape index (κ3) is 3.50. The molecule has 0 aliphatic carbocycles. The molecule has 6 nitrogen and oxygen atoms in total. The van der Waals surface area contributed by atoms with Crippen LogP contribution >= 0.6 is 0 Å². The first-order chi connectivity index (χ1) is 6.80. The SMILES string of the molecule is CC(=O)OC1CS(=O)(=O)CC1OC(C)=O. The number of hydrogen-bond donors (Lipinski definition) is 0. The Morgan fingerprint density at radius 2 is 1.33 bits per heavy atom. The lowest BCUT2D eigenvalue weighted by molar-refractivity contribution is -0.160. The molecule has 0 amide bonds. The Kier molecular flexibility index (Phi) is 3.33. The van der Waals surface area contributed by atoms with Crippen molar-refractivity contribution in [3.8, 4) is 0 Å². The molecule has 1 saturated heterocycles. The molecule has 0 N–H and O–H groups in total. The second-order valence-electron chi connectivity index (χ2n) is 3.37. The van der Waals surface area contributed by atoms with E-state index >= 15 is 0 Å². The van der Waals surface area contributed by atoms with Crippen LogP contribution in [0.4, 0.5) is 0 Å². The maximum atomic E-state index is 11.2. The van der Waals surface area contributed by atoms with E-state index in [1.807, 2.05) is 0 Å². The van der Waals surface area contributed by atoms with Crippen LogP contribution in [-0.2, 0) is 28.9 Å². The molecule has 0 bridgehead atoms. The monoisotopic (exact) mass is 236 g/mol. The van der Waals surface area contributed by atoms with Gasteiger partial charge in [0.2, 0.25) is 0 Å². The average molecular weight is 236 g/mol. The Morgan fingerprint density at radius 1 is 1.00 bits per heavy atom. The van der Waals surface area contributed by atoms with Crippen LogP contribution in [0.5, 0.6) is 0 Å². The second kappa shape index (κ2) is 4.18. The van der Waals surface area contributed by atoms with Crippen LogP contribution < -0.4 is 0 Å². The van der Waals surface area contributed by atoms with Gasteiger partial charge in [-0.3, -0.25) is 9.59 Å². The van der Waals surface area contributed by atoms with Crippen molar-refractivity contribution in [3.63, 3.8) is 0 Å². The Hall–Kier alpha value is -1.11. The van der Waals surface area contributed by atoms with E-state index in [4.69, 9.17) is 9.47 Å². The number of carbonyl (C=O) groups is 2. The zero-order valence-corrected chi connectivity index (χ0v) is 9.24. The van der Waals surface area contributed by atoms with E-state index < -0.39 is 34.0 Å². The Labute approximate surface area is 87.5 Å². The number of sulfone groups is 1. The molecule has 0 aromatic heterocycles. The molecule has 1 fully saturated rings. The molecule has 86 valence electrons. The predicted molar refractivity (Wildman–Crippen MR) is 49.8 cm³/mol. The molecule has 1 heterocycles. The van der Waals surface area contributed by atoms with E-state index in [1.165, 1.54) is 13.8 Å². The second-order valence-corrected chi connectivity index (χ2v) is 5.53. The lowest BCUT2D eigenvalue weighted by Gasteiger charge is -2.17. The van der Waals surface area contributed by atoms with Crippen molar-refractivity contribution in [3.05, 3.63) is 0 Å². The van der Waals surface area contributed by atoms with Gasteiger partial charge in [-0.15, -0.1) is 0 Å². The normalized spacial score (nSPS) is 28.4. The molecule has 0 spiro atoms. The molecule has 2 unspecified atom stereocenters. The summed E-state index contributed by atoms with van der Waals surface area (Å²) < 4.78 is 32.0. The highest BCUT2D eigenvalue weighted by molar-refractivity contribution is 7.91. The van der Waals surface area contributed by atoms with Crippen LogP contribution in [0.1, 0.15) is 13.8 Å². The number of esters is 2. The first-order valence-corrected chi connectivity index (χ1v) is 6.17. The molecule has 0 saturated carbocycles. The number of hydrogen-bond acceptors (Lipinski definition) is 6. The van der Waals surface area contributed by atoms with Gasteiger partial charge in [-0.25, -0.2) is 8.42 Å². The maximum Gasteiger partial charge on any atom is 0.303 e. The van der Waals surface area contributed by atoms with Gasteiger partial charge in [0.25, 0.3) is 0 Å². The lowest BCUT2D eigenvalue weighted by atomic mass is 10.2.